The molecule has 134 valence electrons. The Hall–Kier alpha value is -2.74. The van der Waals surface area contributed by atoms with Gasteiger partial charge >= 0.3 is 0 Å². The number of hydrogen-bond acceptors (Lipinski definition) is 8. The standard InChI is InChI=1S/C12H11N3O8S2/c13-9-3-1-7(5-11(9)24(18,19)20)14-10-4-2-8(15(16)17)6-12(10)25(21,22)23/h1-6,14H,13H2,(H,18,19,20)(H,21,22,23). The van der Waals surface area contributed by atoms with Crippen molar-refractivity contribution in [3.8, 4) is 0 Å². The number of non-ortho nitro benzene ring substituents is 1. The number of rotatable bonds is 5. The van der Waals surface area contributed by atoms with E-state index in [4.69, 9.17) is 10.3 Å². The number of nitro groups is 1. The van der Waals surface area contributed by atoms with Crippen molar-refractivity contribution in [2.75, 3.05) is 11.1 Å². The summed E-state index contributed by atoms with van der Waals surface area (Å²) in [4.78, 5) is 8.49. The lowest BCUT2D eigenvalue weighted by atomic mass is 10.2. The quantitative estimate of drug-likeness (QED) is 0.252. The minimum Gasteiger partial charge on any atom is -0.398 e. The first-order valence-corrected chi connectivity index (χ1v) is 9.17. The van der Waals surface area contributed by atoms with Gasteiger partial charge in [-0.1, -0.05) is 0 Å². The molecule has 0 radical (unpaired) electrons. The molecule has 5 N–H and O–H groups in total. The van der Waals surface area contributed by atoms with Gasteiger partial charge in [-0.05, 0) is 24.3 Å². The lowest BCUT2D eigenvalue weighted by Gasteiger charge is -2.12. The molecule has 0 aromatic heterocycles. The van der Waals surface area contributed by atoms with E-state index in [9.17, 15) is 31.5 Å². The molecule has 0 aliphatic rings. The third-order valence-corrected chi connectivity index (χ3v) is 4.83. The lowest BCUT2D eigenvalue weighted by Crippen LogP contribution is -2.06. The van der Waals surface area contributed by atoms with Crippen LogP contribution in [0.1, 0.15) is 0 Å². The Morgan fingerprint density at radius 1 is 0.960 bits per heavy atom. The molecule has 0 atom stereocenters. The summed E-state index contributed by atoms with van der Waals surface area (Å²) in [7, 11) is -9.44. The van der Waals surface area contributed by atoms with E-state index >= 15 is 0 Å². The van der Waals surface area contributed by atoms with Crippen LogP contribution in [0.25, 0.3) is 0 Å². The van der Waals surface area contributed by atoms with Crippen molar-refractivity contribution in [3.05, 3.63) is 46.5 Å². The Morgan fingerprint density at radius 3 is 2.08 bits per heavy atom. The van der Waals surface area contributed by atoms with Gasteiger partial charge in [-0.3, -0.25) is 19.2 Å². The van der Waals surface area contributed by atoms with Crippen LogP contribution < -0.4 is 11.1 Å². The summed E-state index contributed by atoms with van der Waals surface area (Å²) in [6.07, 6.45) is 0. The minimum atomic E-state index is -4.82. The first-order valence-electron chi connectivity index (χ1n) is 6.29. The number of nitrogens with two attached hydrogens (primary N) is 1. The van der Waals surface area contributed by atoms with Crippen molar-refractivity contribution in [1.29, 1.82) is 0 Å². The van der Waals surface area contributed by atoms with E-state index < -0.39 is 40.6 Å². The Kier molecular flexibility index (Phi) is 4.68. The minimum absolute atomic E-state index is 0.000535. The molecule has 2 rings (SSSR count). The molecule has 0 saturated carbocycles. The van der Waals surface area contributed by atoms with Crippen molar-refractivity contribution in [3.63, 3.8) is 0 Å². The van der Waals surface area contributed by atoms with Gasteiger partial charge in [-0.2, -0.15) is 16.8 Å². The molecular formula is C12H11N3O8S2. The summed E-state index contributed by atoms with van der Waals surface area (Å²) in [5.74, 6) is 0. The molecule has 0 unspecified atom stereocenters. The Balaban J connectivity index is 2.56. The maximum absolute atomic E-state index is 11.4. The van der Waals surface area contributed by atoms with Crippen molar-refractivity contribution in [1.82, 2.24) is 0 Å². The van der Waals surface area contributed by atoms with Crippen LogP contribution in [0.3, 0.4) is 0 Å². The topological polar surface area (TPSA) is 190 Å². The van der Waals surface area contributed by atoms with Crippen LogP contribution in [0.4, 0.5) is 22.7 Å². The summed E-state index contributed by atoms with van der Waals surface area (Å²) in [6, 6.07) is 5.99. The molecule has 2 aromatic rings. The molecule has 0 bridgehead atoms. The third-order valence-electron chi connectivity index (χ3n) is 3.02. The molecule has 11 nitrogen and oxygen atoms in total. The molecule has 0 spiro atoms. The fourth-order valence-corrected chi connectivity index (χ4v) is 3.24. The fourth-order valence-electron chi connectivity index (χ4n) is 1.93. The molecule has 0 saturated heterocycles. The smallest absolute Gasteiger partial charge is 0.296 e. The van der Waals surface area contributed by atoms with Gasteiger partial charge in [0, 0.05) is 17.8 Å². The predicted molar refractivity (Wildman–Crippen MR) is 86.9 cm³/mol. The fraction of sp³-hybridized carbons (Fsp3) is 0. The second-order valence-corrected chi connectivity index (χ2v) is 7.55. The average Bonchev–Trinajstić information content (AvgIpc) is 2.47. The Labute approximate surface area is 141 Å². The van der Waals surface area contributed by atoms with E-state index in [1.165, 1.54) is 6.07 Å². The van der Waals surface area contributed by atoms with Gasteiger partial charge in [-0.15, -0.1) is 0 Å². The number of anilines is 3. The van der Waals surface area contributed by atoms with Crippen LogP contribution in [0.15, 0.2) is 46.2 Å². The highest BCUT2D eigenvalue weighted by atomic mass is 32.2. The zero-order valence-corrected chi connectivity index (χ0v) is 13.8. The van der Waals surface area contributed by atoms with Crippen LogP contribution in [-0.2, 0) is 20.2 Å². The maximum atomic E-state index is 11.4. The molecular weight excluding hydrogens is 378 g/mol. The molecule has 0 aliphatic heterocycles. The molecule has 2 aromatic carbocycles. The van der Waals surface area contributed by atoms with Crippen molar-refractivity contribution < 1.29 is 30.9 Å². The van der Waals surface area contributed by atoms with Crippen LogP contribution >= 0.6 is 0 Å². The highest BCUT2D eigenvalue weighted by molar-refractivity contribution is 7.86. The molecule has 25 heavy (non-hydrogen) atoms. The lowest BCUT2D eigenvalue weighted by molar-refractivity contribution is -0.385. The molecule has 0 amide bonds. The number of nitrogen functional groups attached to an aromatic ring is 1. The van der Waals surface area contributed by atoms with E-state index in [2.05, 4.69) is 5.32 Å². The number of hydrogen-bond donors (Lipinski definition) is 4. The summed E-state index contributed by atoms with van der Waals surface area (Å²) in [5, 5.41) is 13.2. The van der Waals surface area contributed by atoms with Gasteiger partial charge in [0.25, 0.3) is 25.9 Å². The highest BCUT2D eigenvalue weighted by Gasteiger charge is 2.21. The number of nitrogens with one attached hydrogen (secondary N) is 1. The second kappa shape index (κ2) is 6.29. The molecule has 0 aliphatic carbocycles. The van der Waals surface area contributed by atoms with Crippen molar-refractivity contribution in [2.45, 2.75) is 9.79 Å². The van der Waals surface area contributed by atoms with E-state index in [1.54, 1.807) is 0 Å². The normalized spacial score (nSPS) is 11.9. The Morgan fingerprint density at radius 2 is 1.56 bits per heavy atom. The zero-order valence-electron chi connectivity index (χ0n) is 12.1. The van der Waals surface area contributed by atoms with Crippen molar-refractivity contribution in [2.24, 2.45) is 0 Å². The monoisotopic (exact) mass is 389 g/mol. The molecule has 0 fully saturated rings. The van der Waals surface area contributed by atoms with Gasteiger partial charge in [0.1, 0.15) is 9.79 Å². The first kappa shape index (κ1) is 18.6. The van der Waals surface area contributed by atoms with Crippen LogP contribution in [0.5, 0.6) is 0 Å². The zero-order chi connectivity index (χ0) is 19.0. The maximum Gasteiger partial charge on any atom is 0.296 e. The SMILES string of the molecule is Nc1ccc(Nc2ccc([N+](=O)[O-])cc2S(=O)(=O)O)cc1S(=O)(=O)O. The van der Waals surface area contributed by atoms with Gasteiger partial charge in [0.05, 0.1) is 16.3 Å². The summed E-state index contributed by atoms with van der Waals surface area (Å²) >= 11 is 0. The van der Waals surface area contributed by atoms with E-state index in [-0.39, 0.29) is 17.1 Å². The van der Waals surface area contributed by atoms with E-state index in [1.807, 2.05) is 0 Å². The van der Waals surface area contributed by atoms with Crippen LogP contribution in [-0.4, -0.2) is 30.9 Å². The summed E-state index contributed by atoms with van der Waals surface area (Å²) in [5.41, 5.74) is 4.37. The van der Waals surface area contributed by atoms with Gasteiger partial charge in [0.2, 0.25) is 0 Å². The number of benzene rings is 2. The van der Waals surface area contributed by atoms with Crippen LogP contribution in [0.2, 0.25) is 0 Å². The molecule has 0 heterocycles. The average molecular weight is 389 g/mol. The summed E-state index contributed by atoms with van der Waals surface area (Å²) in [6.45, 7) is 0. The summed E-state index contributed by atoms with van der Waals surface area (Å²) < 4.78 is 63.7. The van der Waals surface area contributed by atoms with Crippen molar-refractivity contribution >= 4 is 43.0 Å². The predicted octanol–water partition coefficient (Wildman–Crippen LogP) is 1.41. The Bertz CT molecular complexity index is 1060. The van der Waals surface area contributed by atoms with Gasteiger partial charge < -0.3 is 11.1 Å². The number of nitro benzene ring substituents is 1. The number of nitrogens with zero attached hydrogens (tertiary/aromatic N) is 1. The largest absolute Gasteiger partial charge is 0.398 e. The molecule has 13 heteroatoms. The van der Waals surface area contributed by atoms with Crippen LogP contribution in [0, 0.1) is 10.1 Å². The highest BCUT2D eigenvalue weighted by Crippen LogP contribution is 2.30. The second-order valence-electron chi connectivity index (χ2n) is 4.77. The first-order chi connectivity index (χ1) is 11.4. The van der Waals surface area contributed by atoms with Gasteiger partial charge in [-0.25, -0.2) is 0 Å². The third kappa shape index (κ3) is 4.21. The van der Waals surface area contributed by atoms with E-state index in [0.717, 1.165) is 24.3 Å². The van der Waals surface area contributed by atoms with Gasteiger partial charge in [0.15, 0.2) is 0 Å². The van der Waals surface area contributed by atoms with E-state index in [0.29, 0.717) is 6.07 Å².